The minimum Gasteiger partial charge on any atom is -0.358 e. The Balaban J connectivity index is 1.96. The molecule has 2 heteroatoms. The van der Waals surface area contributed by atoms with Crippen LogP contribution < -0.4 is 5.73 Å². The van der Waals surface area contributed by atoms with E-state index in [2.05, 4.69) is 72.6 Å². The molecule has 0 aliphatic rings. The average Bonchev–Trinajstić information content (AvgIpc) is 2.89. The van der Waals surface area contributed by atoms with Crippen molar-refractivity contribution >= 4 is 21.7 Å². The molecule has 0 bridgehead atoms. The molecule has 2 nitrogen and oxygen atoms in total. The first-order chi connectivity index (χ1) is 10.8. The summed E-state index contributed by atoms with van der Waals surface area (Å²) in [6.45, 7) is 2.10. The average molecular weight is 286 g/mol. The van der Waals surface area contributed by atoms with Gasteiger partial charge in [0.2, 0.25) is 0 Å². The zero-order valence-corrected chi connectivity index (χ0v) is 12.5. The third kappa shape index (κ3) is 1.92. The summed E-state index contributed by atoms with van der Waals surface area (Å²) in [5, 5.41) is 3.66. The maximum absolute atomic E-state index is 6.67. The predicted octanol–water partition coefficient (Wildman–Crippen LogP) is 4.68. The Morgan fingerprint density at radius 2 is 1.50 bits per heavy atom. The summed E-state index contributed by atoms with van der Waals surface area (Å²) >= 11 is 0. The van der Waals surface area contributed by atoms with Crippen molar-refractivity contribution in [2.45, 2.75) is 13.0 Å². The van der Waals surface area contributed by atoms with Gasteiger partial charge in [-0.1, -0.05) is 60.7 Å². The van der Waals surface area contributed by atoms with Crippen molar-refractivity contribution in [1.82, 2.24) is 4.98 Å². The van der Waals surface area contributed by atoms with Crippen LogP contribution in [-0.2, 0) is 0 Å². The van der Waals surface area contributed by atoms with E-state index >= 15 is 0 Å². The quantitative estimate of drug-likeness (QED) is 0.552. The summed E-state index contributed by atoms with van der Waals surface area (Å²) in [6.07, 6.45) is 0. The molecular weight excluding hydrogens is 268 g/mol. The third-order valence-electron chi connectivity index (χ3n) is 4.41. The van der Waals surface area contributed by atoms with Gasteiger partial charge in [0.05, 0.1) is 6.04 Å². The molecule has 0 saturated heterocycles. The molecule has 3 aromatic carbocycles. The van der Waals surface area contributed by atoms with Crippen molar-refractivity contribution in [2.24, 2.45) is 5.73 Å². The molecule has 1 atom stereocenters. The highest BCUT2D eigenvalue weighted by Gasteiger charge is 2.18. The maximum atomic E-state index is 6.67. The molecular formula is C20H18N2. The van der Waals surface area contributed by atoms with Gasteiger partial charge in [0.15, 0.2) is 0 Å². The van der Waals surface area contributed by atoms with Crippen LogP contribution in [0.3, 0.4) is 0 Å². The summed E-state index contributed by atoms with van der Waals surface area (Å²) in [6, 6.07) is 23.0. The first-order valence-corrected chi connectivity index (χ1v) is 7.56. The van der Waals surface area contributed by atoms with Crippen molar-refractivity contribution < 1.29 is 0 Å². The van der Waals surface area contributed by atoms with Gasteiger partial charge < -0.3 is 10.7 Å². The van der Waals surface area contributed by atoms with Crippen LogP contribution in [0.2, 0.25) is 0 Å². The zero-order chi connectivity index (χ0) is 15.1. The Bertz CT molecular complexity index is 960. The molecule has 4 aromatic rings. The van der Waals surface area contributed by atoms with Crippen LogP contribution in [0.15, 0.2) is 66.7 Å². The molecule has 0 fully saturated rings. The standard InChI is InChI=1S/C20H18N2/c1-13-19(17-10-4-5-12-18(17)22-13)20(21)16-11-6-8-14-7-2-3-9-15(14)16/h2-12,20,22H,21H2,1H3. The molecule has 22 heavy (non-hydrogen) atoms. The van der Waals surface area contributed by atoms with Crippen LogP contribution in [0, 0.1) is 6.92 Å². The van der Waals surface area contributed by atoms with E-state index in [4.69, 9.17) is 5.73 Å². The zero-order valence-electron chi connectivity index (χ0n) is 12.5. The Morgan fingerprint density at radius 3 is 2.36 bits per heavy atom. The summed E-state index contributed by atoms with van der Waals surface area (Å²) in [4.78, 5) is 3.45. The molecule has 1 aromatic heterocycles. The molecule has 0 aliphatic carbocycles. The van der Waals surface area contributed by atoms with Crippen LogP contribution in [0.1, 0.15) is 22.9 Å². The van der Waals surface area contributed by atoms with Gasteiger partial charge in [-0.25, -0.2) is 0 Å². The number of fused-ring (bicyclic) bond motifs is 2. The largest absolute Gasteiger partial charge is 0.358 e. The number of aromatic amines is 1. The van der Waals surface area contributed by atoms with Crippen molar-refractivity contribution in [3.63, 3.8) is 0 Å². The first-order valence-electron chi connectivity index (χ1n) is 7.56. The van der Waals surface area contributed by atoms with Crippen molar-refractivity contribution in [2.75, 3.05) is 0 Å². The topological polar surface area (TPSA) is 41.8 Å². The van der Waals surface area contributed by atoms with Crippen molar-refractivity contribution in [3.05, 3.63) is 83.6 Å². The highest BCUT2D eigenvalue weighted by molar-refractivity contribution is 5.89. The number of hydrogen-bond acceptors (Lipinski definition) is 1. The van der Waals surface area contributed by atoms with Crippen molar-refractivity contribution in [3.8, 4) is 0 Å². The number of nitrogens with one attached hydrogen (secondary N) is 1. The summed E-state index contributed by atoms with van der Waals surface area (Å²) in [5.74, 6) is 0. The number of aryl methyl sites for hydroxylation is 1. The number of rotatable bonds is 2. The Hall–Kier alpha value is -2.58. The maximum Gasteiger partial charge on any atom is 0.0581 e. The second-order valence-corrected chi connectivity index (χ2v) is 5.76. The lowest BCUT2D eigenvalue weighted by molar-refractivity contribution is 0.877. The molecule has 1 unspecified atom stereocenters. The Kier molecular flexibility index (Phi) is 2.98. The summed E-state index contributed by atoms with van der Waals surface area (Å²) in [5.41, 5.74) is 11.3. The molecule has 0 aliphatic heterocycles. The normalized spacial score (nSPS) is 12.8. The van der Waals surface area contributed by atoms with Crippen molar-refractivity contribution in [1.29, 1.82) is 0 Å². The number of H-pyrrole nitrogens is 1. The van der Waals surface area contributed by atoms with Crippen LogP contribution >= 0.6 is 0 Å². The highest BCUT2D eigenvalue weighted by Crippen LogP contribution is 2.33. The number of hydrogen-bond donors (Lipinski definition) is 2. The van der Waals surface area contributed by atoms with Crippen LogP contribution in [0.25, 0.3) is 21.7 Å². The molecule has 108 valence electrons. The van der Waals surface area contributed by atoms with Crippen LogP contribution in [0.4, 0.5) is 0 Å². The van der Waals surface area contributed by atoms with E-state index < -0.39 is 0 Å². The second kappa shape index (κ2) is 5.00. The summed E-state index contributed by atoms with van der Waals surface area (Å²) in [7, 11) is 0. The molecule has 0 radical (unpaired) electrons. The Morgan fingerprint density at radius 1 is 0.818 bits per heavy atom. The monoisotopic (exact) mass is 286 g/mol. The number of para-hydroxylation sites is 1. The first kappa shape index (κ1) is 13.1. The van der Waals surface area contributed by atoms with Gasteiger partial charge in [0.1, 0.15) is 0 Å². The van der Waals surface area contributed by atoms with Gasteiger partial charge >= 0.3 is 0 Å². The van der Waals surface area contributed by atoms with Gasteiger partial charge in [-0.2, -0.15) is 0 Å². The fraction of sp³-hybridized carbons (Fsp3) is 0.100. The molecule has 1 heterocycles. The molecule has 4 rings (SSSR count). The molecule has 0 spiro atoms. The van der Waals surface area contributed by atoms with E-state index in [0.717, 1.165) is 11.2 Å². The number of aromatic nitrogens is 1. The van der Waals surface area contributed by atoms with Gasteiger partial charge in [0.25, 0.3) is 0 Å². The lowest BCUT2D eigenvalue weighted by atomic mass is 9.93. The third-order valence-corrected chi connectivity index (χ3v) is 4.41. The lowest BCUT2D eigenvalue weighted by Crippen LogP contribution is -2.13. The molecule has 0 amide bonds. The van der Waals surface area contributed by atoms with Crippen LogP contribution in [0.5, 0.6) is 0 Å². The molecule has 0 saturated carbocycles. The van der Waals surface area contributed by atoms with Gasteiger partial charge in [-0.15, -0.1) is 0 Å². The van der Waals surface area contributed by atoms with Crippen LogP contribution in [-0.4, -0.2) is 4.98 Å². The van der Waals surface area contributed by atoms with Gasteiger partial charge in [-0.3, -0.25) is 0 Å². The fourth-order valence-electron chi connectivity index (χ4n) is 3.38. The number of nitrogens with two attached hydrogens (primary N) is 1. The SMILES string of the molecule is Cc1[nH]c2ccccc2c1C(N)c1cccc2ccccc12. The molecule has 3 N–H and O–H groups in total. The van der Waals surface area contributed by atoms with E-state index in [1.807, 2.05) is 6.07 Å². The second-order valence-electron chi connectivity index (χ2n) is 5.76. The predicted molar refractivity (Wildman–Crippen MR) is 93.0 cm³/mol. The van der Waals surface area contributed by atoms with E-state index in [-0.39, 0.29) is 6.04 Å². The fourth-order valence-corrected chi connectivity index (χ4v) is 3.38. The van der Waals surface area contributed by atoms with Gasteiger partial charge in [0, 0.05) is 22.2 Å². The highest BCUT2D eigenvalue weighted by atomic mass is 14.7. The van der Waals surface area contributed by atoms with E-state index in [1.165, 1.54) is 27.3 Å². The minimum absolute atomic E-state index is 0.137. The van der Waals surface area contributed by atoms with E-state index in [9.17, 15) is 0 Å². The number of benzene rings is 3. The Labute approximate surface area is 129 Å². The minimum atomic E-state index is -0.137. The summed E-state index contributed by atoms with van der Waals surface area (Å²) < 4.78 is 0. The van der Waals surface area contributed by atoms with Gasteiger partial charge in [-0.05, 0) is 29.3 Å². The lowest BCUT2D eigenvalue weighted by Gasteiger charge is -2.16. The van der Waals surface area contributed by atoms with E-state index in [0.29, 0.717) is 0 Å². The smallest absolute Gasteiger partial charge is 0.0581 e. The van der Waals surface area contributed by atoms with E-state index in [1.54, 1.807) is 0 Å².